The Kier molecular flexibility index (Phi) is 3.30. The molecule has 0 spiro atoms. The van der Waals surface area contributed by atoms with Gasteiger partial charge in [-0.05, 0) is 50.7 Å². The lowest BCUT2D eigenvalue weighted by Gasteiger charge is -2.35. The molecule has 0 radical (unpaired) electrons. The lowest BCUT2D eigenvalue weighted by Crippen LogP contribution is -2.52. The second-order valence-electron chi connectivity index (χ2n) is 4.73. The average Bonchev–Trinajstić information content (AvgIpc) is 2.65. The van der Waals surface area contributed by atoms with Crippen LogP contribution < -0.4 is 10.6 Å². The van der Waals surface area contributed by atoms with Crippen LogP contribution in [-0.2, 0) is 0 Å². The monoisotopic (exact) mass is 238 g/mol. The number of nitrogens with one attached hydrogen (secondary N) is 2. The molecule has 1 saturated heterocycles. The van der Waals surface area contributed by atoms with Crippen molar-refractivity contribution in [2.45, 2.75) is 32.2 Å². The van der Waals surface area contributed by atoms with Gasteiger partial charge in [0.25, 0.3) is 5.91 Å². The summed E-state index contributed by atoms with van der Waals surface area (Å²) < 4.78 is 0. The summed E-state index contributed by atoms with van der Waals surface area (Å²) in [5.41, 5.74) is 1.85. The van der Waals surface area contributed by atoms with Gasteiger partial charge in [-0.3, -0.25) is 4.79 Å². The number of rotatable bonds is 2. The van der Waals surface area contributed by atoms with Crippen molar-refractivity contribution < 1.29 is 4.79 Å². The first kappa shape index (κ1) is 11.6. The van der Waals surface area contributed by atoms with Gasteiger partial charge in [0.15, 0.2) is 0 Å². The number of thiophene rings is 1. The minimum absolute atomic E-state index is 0.0449. The molecule has 0 saturated carbocycles. The Balaban J connectivity index is 2.04. The maximum atomic E-state index is 12.1. The Morgan fingerprint density at radius 1 is 1.44 bits per heavy atom. The van der Waals surface area contributed by atoms with Gasteiger partial charge in [0.2, 0.25) is 0 Å². The minimum atomic E-state index is -0.0449. The molecule has 2 rings (SSSR count). The Bertz CT molecular complexity index is 380. The number of aryl methyl sites for hydroxylation is 1. The van der Waals surface area contributed by atoms with E-state index in [1.165, 1.54) is 0 Å². The molecule has 2 N–H and O–H groups in total. The third-order valence-corrected chi connectivity index (χ3v) is 4.08. The number of carbonyl (C=O) groups excluding carboxylic acids is 1. The summed E-state index contributed by atoms with van der Waals surface area (Å²) in [5.74, 6) is 0.0724. The van der Waals surface area contributed by atoms with E-state index < -0.39 is 0 Å². The molecule has 1 aliphatic rings. The summed E-state index contributed by atoms with van der Waals surface area (Å²) >= 11 is 1.58. The van der Waals surface area contributed by atoms with Crippen LogP contribution in [-0.4, -0.2) is 24.5 Å². The van der Waals surface area contributed by atoms with Crippen LogP contribution in [0.25, 0.3) is 0 Å². The van der Waals surface area contributed by atoms with Gasteiger partial charge in [-0.15, -0.1) is 0 Å². The highest BCUT2D eigenvalue weighted by Gasteiger charge is 2.28. The van der Waals surface area contributed by atoms with Gasteiger partial charge >= 0.3 is 0 Å². The Morgan fingerprint density at radius 3 is 2.69 bits per heavy atom. The van der Waals surface area contributed by atoms with E-state index in [-0.39, 0.29) is 11.4 Å². The Morgan fingerprint density at radius 2 is 2.12 bits per heavy atom. The van der Waals surface area contributed by atoms with Crippen LogP contribution in [0.3, 0.4) is 0 Å². The van der Waals surface area contributed by atoms with Crippen molar-refractivity contribution in [1.82, 2.24) is 10.6 Å². The van der Waals surface area contributed by atoms with Crippen molar-refractivity contribution in [2.75, 3.05) is 13.1 Å². The quantitative estimate of drug-likeness (QED) is 0.826. The van der Waals surface area contributed by atoms with E-state index in [9.17, 15) is 4.79 Å². The summed E-state index contributed by atoms with van der Waals surface area (Å²) in [6.07, 6.45) is 2.00. The van der Waals surface area contributed by atoms with E-state index in [0.29, 0.717) is 0 Å². The zero-order valence-electron chi connectivity index (χ0n) is 9.80. The molecule has 1 fully saturated rings. The van der Waals surface area contributed by atoms with E-state index in [1.54, 1.807) is 11.3 Å². The molecule has 1 amide bonds. The summed E-state index contributed by atoms with van der Waals surface area (Å²) in [6, 6.07) is 0. The molecule has 16 heavy (non-hydrogen) atoms. The van der Waals surface area contributed by atoms with Crippen molar-refractivity contribution in [2.24, 2.45) is 0 Å². The maximum absolute atomic E-state index is 12.1. The predicted octanol–water partition coefficient (Wildman–Crippen LogP) is 1.93. The van der Waals surface area contributed by atoms with Gasteiger partial charge in [0, 0.05) is 10.9 Å². The highest BCUT2D eigenvalue weighted by molar-refractivity contribution is 7.08. The summed E-state index contributed by atoms with van der Waals surface area (Å²) in [6.45, 7) is 6.09. The van der Waals surface area contributed by atoms with Crippen LogP contribution in [0.4, 0.5) is 0 Å². The molecule has 0 aliphatic carbocycles. The van der Waals surface area contributed by atoms with Gasteiger partial charge < -0.3 is 10.6 Å². The molecule has 4 heteroatoms. The molecule has 0 bridgehead atoms. The maximum Gasteiger partial charge on any atom is 0.252 e. The molecular formula is C12H18N2OS. The van der Waals surface area contributed by atoms with Gasteiger partial charge in [-0.2, -0.15) is 11.3 Å². The summed E-state index contributed by atoms with van der Waals surface area (Å²) in [4.78, 5) is 12.1. The van der Waals surface area contributed by atoms with Crippen LogP contribution in [0.15, 0.2) is 10.8 Å². The molecule has 0 aromatic carbocycles. The fraction of sp³-hybridized carbons (Fsp3) is 0.583. The van der Waals surface area contributed by atoms with Gasteiger partial charge in [-0.1, -0.05) is 0 Å². The first-order valence-corrected chi connectivity index (χ1v) is 6.61. The molecular weight excluding hydrogens is 220 g/mol. The van der Waals surface area contributed by atoms with Crippen LogP contribution in [0.1, 0.15) is 35.7 Å². The fourth-order valence-electron chi connectivity index (χ4n) is 2.04. The van der Waals surface area contributed by atoms with Crippen molar-refractivity contribution >= 4 is 17.2 Å². The third kappa shape index (κ3) is 2.44. The van der Waals surface area contributed by atoms with E-state index >= 15 is 0 Å². The molecule has 1 aliphatic heterocycles. The predicted molar refractivity (Wildman–Crippen MR) is 67.0 cm³/mol. The molecule has 1 aromatic rings. The van der Waals surface area contributed by atoms with Crippen LogP contribution >= 0.6 is 11.3 Å². The van der Waals surface area contributed by atoms with E-state index in [1.807, 2.05) is 17.7 Å². The Hall–Kier alpha value is -0.870. The highest BCUT2D eigenvalue weighted by atomic mass is 32.1. The second-order valence-corrected chi connectivity index (χ2v) is 5.48. The van der Waals surface area contributed by atoms with Crippen molar-refractivity contribution in [1.29, 1.82) is 0 Å². The van der Waals surface area contributed by atoms with Crippen LogP contribution in [0.2, 0.25) is 0 Å². The van der Waals surface area contributed by atoms with Crippen LogP contribution in [0.5, 0.6) is 0 Å². The van der Waals surface area contributed by atoms with Gasteiger partial charge in [0.1, 0.15) is 0 Å². The lowest BCUT2D eigenvalue weighted by atomic mass is 9.90. The first-order chi connectivity index (χ1) is 7.61. The van der Waals surface area contributed by atoms with E-state index in [2.05, 4.69) is 17.6 Å². The summed E-state index contributed by atoms with van der Waals surface area (Å²) in [7, 11) is 0. The molecule has 88 valence electrons. The minimum Gasteiger partial charge on any atom is -0.347 e. The number of hydrogen-bond donors (Lipinski definition) is 2. The highest BCUT2D eigenvalue weighted by Crippen LogP contribution is 2.20. The van der Waals surface area contributed by atoms with E-state index in [4.69, 9.17) is 0 Å². The zero-order chi connectivity index (χ0) is 11.6. The average molecular weight is 238 g/mol. The van der Waals surface area contributed by atoms with Gasteiger partial charge in [0.05, 0.1) is 5.56 Å². The fourth-order valence-corrected chi connectivity index (χ4v) is 2.87. The standard InChI is InChI=1S/C12H18N2OS/c1-9-7-16-8-10(9)11(15)14-12(2)3-5-13-6-4-12/h7-8,13H,3-6H2,1-2H3,(H,14,15). The normalized spacial score (nSPS) is 19.4. The zero-order valence-corrected chi connectivity index (χ0v) is 10.6. The molecule has 2 heterocycles. The molecule has 1 aromatic heterocycles. The largest absolute Gasteiger partial charge is 0.347 e. The topological polar surface area (TPSA) is 41.1 Å². The number of carbonyl (C=O) groups is 1. The third-order valence-electron chi connectivity index (χ3n) is 3.22. The van der Waals surface area contributed by atoms with Crippen molar-refractivity contribution in [3.8, 4) is 0 Å². The molecule has 0 unspecified atom stereocenters. The molecule has 0 atom stereocenters. The van der Waals surface area contributed by atoms with E-state index in [0.717, 1.165) is 37.1 Å². The molecule has 3 nitrogen and oxygen atoms in total. The number of piperidine rings is 1. The second kappa shape index (κ2) is 4.55. The van der Waals surface area contributed by atoms with Gasteiger partial charge in [-0.25, -0.2) is 0 Å². The smallest absolute Gasteiger partial charge is 0.252 e. The number of hydrogen-bond acceptors (Lipinski definition) is 3. The number of amides is 1. The Labute approximate surface area is 100 Å². The van der Waals surface area contributed by atoms with Crippen molar-refractivity contribution in [3.05, 3.63) is 21.9 Å². The SMILES string of the molecule is Cc1cscc1C(=O)NC1(C)CCNCC1. The van der Waals surface area contributed by atoms with Crippen molar-refractivity contribution in [3.63, 3.8) is 0 Å². The lowest BCUT2D eigenvalue weighted by molar-refractivity contribution is 0.0887. The summed E-state index contributed by atoms with van der Waals surface area (Å²) in [5, 5.41) is 10.4. The first-order valence-electron chi connectivity index (χ1n) is 5.67. The van der Waals surface area contributed by atoms with Crippen LogP contribution in [0, 0.1) is 6.92 Å².